The number of amides is 1. The van der Waals surface area contributed by atoms with Crippen LogP contribution in [0.3, 0.4) is 0 Å². The summed E-state index contributed by atoms with van der Waals surface area (Å²) in [7, 11) is 0. The average molecular weight is 453 g/mol. The van der Waals surface area contributed by atoms with Gasteiger partial charge in [-0.1, -0.05) is 11.6 Å². The lowest BCUT2D eigenvalue weighted by molar-refractivity contribution is 0.0946. The number of carbonyl (C=O) groups is 1. The summed E-state index contributed by atoms with van der Waals surface area (Å²) < 4.78 is 0. The number of hydrogen-bond acceptors (Lipinski definition) is 6. The monoisotopic (exact) mass is 452 g/mol. The fraction of sp³-hybridized carbons (Fsp3) is 0.391. The highest BCUT2D eigenvalue weighted by molar-refractivity contribution is 6.31. The molecule has 0 radical (unpaired) electrons. The number of aromatic amines is 1. The molecule has 3 aromatic rings. The Morgan fingerprint density at radius 2 is 1.97 bits per heavy atom. The summed E-state index contributed by atoms with van der Waals surface area (Å²) in [5, 5.41) is 3.16. The first-order chi connectivity index (χ1) is 15.5. The SMILES string of the molecule is Cc1c(Cl)c(=O)[nH]c2cc(CN3CCN(c4ccc(C(=O)NC5CC5)nc4)CC3)cnc12. The molecule has 1 aliphatic carbocycles. The molecule has 0 unspecified atom stereocenters. The van der Waals surface area contributed by atoms with Crippen LogP contribution < -0.4 is 15.8 Å². The lowest BCUT2D eigenvalue weighted by Gasteiger charge is -2.36. The molecule has 3 aromatic heterocycles. The fourth-order valence-electron chi connectivity index (χ4n) is 4.06. The Balaban J connectivity index is 1.20. The minimum atomic E-state index is -0.283. The van der Waals surface area contributed by atoms with Crippen LogP contribution in [-0.4, -0.2) is 58.0 Å². The Labute approximate surface area is 190 Å². The zero-order valence-electron chi connectivity index (χ0n) is 17.9. The lowest BCUT2D eigenvalue weighted by atomic mass is 10.1. The van der Waals surface area contributed by atoms with Gasteiger partial charge in [0.25, 0.3) is 11.5 Å². The number of anilines is 1. The van der Waals surface area contributed by atoms with Crippen LogP contribution in [0, 0.1) is 6.92 Å². The van der Waals surface area contributed by atoms with Gasteiger partial charge in [0, 0.05) is 50.5 Å². The lowest BCUT2D eigenvalue weighted by Crippen LogP contribution is -2.46. The van der Waals surface area contributed by atoms with E-state index in [9.17, 15) is 9.59 Å². The van der Waals surface area contributed by atoms with Gasteiger partial charge in [-0.2, -0.15) is 0 Å². The number of hydrogen-bond donors (Lipinski definition) is 2. The smallest absolute Gasteiger partial charge is 0.270 e. The maximum absolute atomic E-state index is 12.1. The molecule has 166 valence electrons. The number of fused-ring (bicyclic) bond motifs is 1. The number of nitrogens with one attached hydrogen (secondary N) is 2. The topological polar surface area (TPSA) is 94.2 Å². The Hall–Kier alpha value is -2.97. The van der Waals surface area contributed by atoms with E-state index in [1.54, 1.807) is 12.3 Å². The summed E-state index contributed by atoms with van der Waals surface area (Å²) in [5.41, 5.74) is 4.41. The second kappa shape index (κ2) is 8.52. The predicted octanol–water partition coefficient (Wildman–Crippen LogP) is 2.49. The van der Waals surface area contributed by atoms with E-state index in [-0.39, 0.29) is 16.5 Å². The van der Waals surface area contributed by atoms with Crippen molar-refractivity contribution in [1.29, 1.82) is 0 Å². The van der Waals surface area contributed by atoms with Gasteiger partial charge in [0.1, 0.15) is 10.7 Å². The summed E-state index contributed by atoms with van der Waals surface area (Å²) in [6, 6.07) is 6.09. The second-order valence-corrected chi connectivity index (χ2v) is 8.92. The largest absolute Gasteiger partial charge is 0.368 e. The summed E-state index contributed by atoms with van der Waals surface area (Å²) in [5.74, 6) is -0.0910. The molecule has 1 aliphatic heterocycles. The van der Waals surface area contributed by atoms with E-state index in [0.29, 0.717) is 22.8 Å². The number of aromatic nitrogens is 3. The summed E-state index contributed by atoms with van der Waals surface area (Å²) in [4.78, 5) is 40.4. The summed E-state index contributed by atoms with van der Waals surface area (Å²) >= 11 is 6.04. The Bertz CT molecular complexity index is 1210. The minimum absolute atomic E-state index is 0.0910. The first kappa shape index (κ1) is 20.9. The molecule has 0 atom stereocenters. The van der Waals surface area contributed by atoms with Crippen LogP contribution in [0.5, 0.6) is 0 Å². The number of H-pyrrole nitrogens is 1. The molecular weight excluding hydrogens is 428 g/mol. The van der Waals surface area contributed by atoms with E-state index in [1.807, 2.05) is 25.3 Å². The van der Waals surface area contributed by atoms with E-state index >= 15 is 0 Å². The number of piperazine rings is 1. The Morgan fingerprint density at radius 1 is 1.19 bits per heavy atom. The number of carbonyl (C=O) groups excluding carboxylic acids is 1. The molecule has 5 rings (SSSR count). The van der Waals surface area contributed by atoms with Crippen LogP contribution in [0.2, 0.25) is 5.02 Å². The molecule has 4 heterocycles. The van der Waals surface area contributed by atoms with Crippen LogP contribution in [0.1, 0.15) is 34.5 Å². The molecular formula is C23H25ClN6O2. The third-order valence-electron chi connectivity index (χ3n) is 6.11. The van der Waals surface area contributed by atoms with Crippen LogP contribution in [0.25, 0.3) is 11.0 Å². The molecule has 2 fully saturated rings. The fourth-order valence-corrected chi connectivity index (χ4v) is 4.19. The van der Waals surface area contributed by atoms with Gasteiger partial charge in [0.05, 0.1) is 22.9 Å². The van der Waals surface area contributed by atoms with Gasteiger partial charge in [0.2, 0.25) is 0 Å². The van der Waals surface area contributed by atoms with Crippen molar-refractivity contribution < 1.29 is 4.79 Å². The van der Waals surface area contributed by atoms with E-state index < -0.39 is 0 Å². The van der Waals surface area contributed by atoms with Crippen molar-refractivity contribution in [2.75, 3.05) is 31.1 Å². The van der Waals surface area contributed by atoms with Gasteiger partial charge in [-0.25, -0.2) is 4.98 Å². The van der Waals surface area contributed by atoms with Crippen LogP contribution >= 0.6 is 11.6 Å². The molecule has 0 aromatic carbocycles. The third kappa shape index (κ3) is 4.33. The van der Waals surface area contributed by atoms with Crippen molar-refractivity contribution in [3.8, 4) is 0 Å². The van der Waals surface area contributed by atoms with Crippen LogP contribution in [-0.2, 0) is 6.54 Å². The average Bonchev–Trinajstić information content (AvgIpc) is 3.62. The molecule has 1 amide bonds. The van der Waals surface area contributed by atoms with Gasteiger partial charge in [-0.15, -0.1) is 0 Å². The van der Waals surface area contributed by atoms with E-state index in [0.717, 1.165) is 62.3 Å². The number of pyridine rings is 3. The Kier molecular flexibility index (Phi) is 5.57. The molecule has 0 bridgehead atoms. The molecule has 0 spiro atoms. The number of rotatable bonds is 5. The maximum Gasteiger partial charge on any atom is 0.270 e. The molecule has 2 aliphatic rings. The number of halogens is 1. The van der Waals surface area contributed by atoms with Crippen LogP contribution in [0.4, 0.5) is 5.69 Å². The van der Waals surface area contributed by atoms with Crippen molar-refractivity contribution in [1.82, 2.24) is 25.2 Å². The maximum atomic E-state index is 12.1. The first-order valence-electron chi connectivity index (χ1n) is 10.9. The number of aryl methyl sites for hydroxylation is 1. The zero-order chi connectivity index (χ0) is 22.2. The van der Waals surface area contributed by atoms with Crippen molar-refractivity contribution in [3.05, 3.63) is 62.8 Å². The first-order valence-corrected chi connectivity index (χ1v) is 11.3. The quantitative estimate of drug-likeness (QED) is 0.617. The van der Waals surface area contributed by atoms with Gasteiger partial charge in [-0.05, 0) is 43.5 Å². The Morgan fingerprint density at radius 3 is 2.66 bits per heavy atom. The molecule has 1 saturated heterocycles. The van der Waals surface area contributed by atoms with Crippen molar-refractivity contribution in [2.45, 2.75) is 32.4 Å². The minimum Gasteiger partial charge on any atom is -0.368 e. The zero-order valence-corrected chi connectivity index (χ0v) is 18.7. The van der Waals surface area contributed by atoms with Gasteiger partial charge in [0.15, 0.2) is 0 Å². The highest BCUT2D eigenvalue weighted by atomic mass is 35.5. The highest BCUT2D eigenvalue weighted by Crippen LogP contribution is 2.22. The third-order valence-corrected chi connectivity index (χ3v) is 6.57. The second-order valence-electron chi connectivity index (χ2n) is 8.55. The molecule has 8 nitrogen and oxygen atoms in total. The predicted molar refractivity (Wildman–Crippen MR) is 124 cm³/mol. The normalized spacial score (nSPS) is 17.0. The molecule has 2 N–H and O–H groups in total. The molecule has 1 saturated carbocycles. The van der Waals surface area contributed by atoms with Gasteiger partial charge >= 0.3 is 0 Å². The van der Waals surface area contributed by atoms with Crippen molar-refractivity contribution in [3.63, 3.8) is 0 Å². The van der Waals surface area contributed by atoms with E-state index in [4.69, 9.17) is 11.6 Å². The summed E-state index contributed by atoms with van der Waals surface area (Å²) in [6.45, 7) is 6.13. The summed E-state index contributed by atoms with van der Waals surface area (Å²) in [6.07, 6.45) is 5.77. The van der Waals surface area contributed by atoms with Gasteiger partial charge in [-0.3, -0.25) is 19.5 Å². The standard InChI is InChI=1S/C23H25ClN6O2/c1-14-20(24)23(32)28-19-10-15(11-26-21(14)19)13-29-6-8-30(9-7-29)17-4-5-18(25-12-17)22(31)27-16-2-3-16/h4-5,10-12,16H,2-3,6-9,13H2,1H3,(H,27,31)(H,28,32). The van der Waals surface area contributed by atoms with E-state index in [1.165, 1.54) is 0 Å². The van der Waals surface area contributed by atoms with Crippen LogP contribution in [0.15, 0.2) is 35.4 Å². The van der Waals surface area contributed by atoms with Gasteiger partial charge < -0.3 is 15.2 Å². The molecule has 32 heavy (non-hydrogen) atoms. The number of nitrogens with zero attached hydrogens (tertiary/aromatic N) is 4. The highest BCUT2D eigenvalue weighted by Gasteiger charge is 2.24. The van der Waals surface area contributed by atoms with Crippen molar-refractivity contribution >= 4 is 34.2 Å². The molecule has 9 heteroatoms. The van der Waals surface area contributed by atoms with Crippen molar-refractivity contribution in [2.24, 2.45) is 0 Å². The van der Waals surface area contributed by atoms with E-state index in [2.05, 4.69) is 30.1 Å².